The van der Waals surface area contributed by atoms with Gasteiger partial charge in [-0.05, 0) is 42.2 Å². The lowest BCUT2D eigenvalue weighted by Crippen LogP contribution is -2.56. The first-order valence-electron chi connectivity index (χ1n) is 10.8. The molecule has 3 heterocycles. The van der Waals surface area contributed by atoms with Gasteiger partial charge >= 0.3 is 0 Å². The third kappa shape index (κ3) is 3.43. The van der Waals surface area contributed by atoms with Crippen LogP contribution in [0.15, 0.2) is 42.5 Å². The Morgan fingerprint density at radius 3 is 2.69 bits per heavy atom. The van der Waals surface area contributed by atoms with Crippen molar-refractivity contribution in [1.29, 1.82) is 0 Å². The molecule has 0 bridgehead atoms. The molecule has 3 aliphatic rings. The number of hydrogen-bond donors (Lipinski definition) is 1. The smallest absolute Gasteiger partial charge is 0.254 e. The molecular weight excluding hydrogens is 416 g/mol. The quantitative estimate of drug-likeness (QED) is 0.799. The van der Waals surface area contributed by atoms with Crippen LogP contribution >= 0.6 is 0 Å². The predicted molar refractivity (Wildman–Crippen MR) is 112 cm³/mol. The second kappa shape index (κ2) is 7.69. The fraction of sp³-hybridized carbons (Fsp3) is 0.375. The van der Waals surface area contributed by atoms with Crippen LogP contribution in [0.1, 0.15) is 46.7 Å². The van der Waals surface area contributed by atoms with Crippen molar-refractivity contribution in [3.8, 4) is 0 Å². The summed E-state index contributed by atoms with van der Waals surface area (Å²) in [5.41, 5.74) is 1.32. The number of carbonyl (C=O) groups excluding carboxylic acids is 3. The van der Waals surface area contributed by atoms with E-state index >= 15 is 0 Å². The highest BCUT2D eigenvalue weighted by atomic mass is 19.2. The number of carbonyl (C=O) groups is 3. The molecular formula is C24H23F2N3O3. The lowest BCUT2D eigenvalue weighted by molar-refractivity contribution is -0.132. The summed E-state index contributed by atoms with van der Waals surface area (Å²) in [6.07, 6.45) is 1.70. The molecule has 2 aromatic rings. The van der Waals surface area contributed by atoms with Crippen molar-refractivity contribution in [2.24, 2.45) is 0 Å². The Bertz CT molecular complexity index is 1120. The van der Waals surface area contributed by atoms with Gasteiger partial charge in [0, 0.05) is 37.5 Å². The lowest BCUT2D eigenvalue weighted by Gasteiger charge is -2.39. The van der Waals surface area contributed by atoms with Crippen molar-refractivity contribution < 1.29 is 23.2 Å². The molecule has 32 heavy (non-hydrogen) atoms. The average molecular weight is 439 g/mol. The summed E-state index contributed by atoms with van der Waals surface area (Å²) in [6, 6.07) is 11.0. The zero-order valence-electron chi connectivity index (χ0n) is 17.4. The van der Waals surface area contributed by atoms with Crippen molar-refractivity contribution in [2.75, 3.05) is 19.6 Å². The minimum Gasteiger partial charge on any atom is -0.348 e. The first kappa shape index (κ1) is 20.6. The van der Waals surface area contributed by atoms with Gasteiger partial charge in [-0.1, -0.05) is 24.3 Å². The molecule has 0 unspecified atom stereocenters. The molecule has 8 heteroatoms. The zero-order chi connectivity index (χ0) is 22.5. The Morgan fingerprint density at radius 1 is 1.12 bits per heavy atom. The van der Waals surface area contributed by atoms with Crippen LogP contribution in [-0.2, 0) is 16.1 Å². The standard InChI is InChI=1S/C24H23F2N3O3/c25-19-8-7-15(10-20(19)26)18-12-29(14-24(18)9-3-6-21(30)27-24)22(31)13-28-11-16-4-1-2-5-17(16)23(28)32/h1-2,4-5,7-8,10,18H,3,6,9,11-14H2,(H,27,30)/t18-,24+/m0/s1. The molecule has 1 spiro atoms. The Kier molecular flexibility index (Phi) is 4.95. The molecule has 1 N–H and O–H groups in total. The highest BCUT2D eigenvalue weighted by Crippen LogP contribution is 2.41. The van der Waals surface area contributed by atoms with Crippen LogP contribution in [0, 0.1) is 11.6 Å². The number of piperidine rings is 1. The van der Waals surface area contributed by atoms with E-state index in [0.717, 1.165) is 17.7 Å². The van der Waals surface area contributed by atoms with Gasteiger partial charge in [-0.25, -0.2) is 8.78 Å². The summed E-state index contributed by atoms with van der Waals surface area (Å²) < 4.78 is 27.5. The monoisotopic (exact) mass is 439 g/mol. The van der Waals surface area contributed by atoms with Gasteiger partial charge in [0.2, 0.25) is 11.8 Å². The van der Waals surface area contributed by atoms with Crippen LogP contribution in [0.5, 0.6) is 0 Å². The molecule has 0 radical (unpaired) electrons. The van der Waals surface area contributed by atoms with Crippen LogP contribution in [0.3, 0.4) is 0 Å². The van der Waals surface area contributed by atoms with Crippen LogP contribution in [0.4, 0.5) is 8.78 Å². The van der Waals surface area contributed by atoms with Crippen LogP contribution in [0.2, 0.25) is 0 Å². The third-order valence-electron chi connectivity index (χ3n) is 6.88. The summed E-state index contributed by atoms with van der Waals surface area (Å²) in [6.45, 7) is 0.848. The molecule has 2 fully saturated rings. The molecule has 2 aromatic carbocycles. The Hall–Kier alpha value is -3.29. The Morgan fingerprint density at radius 2 is 1.94 bits per heavy atom. The largest absolute Gasteiger partial charge is 0.348 e. The van der Waals surface area contributed by atoms with E-state index in [9.17, 15) is 23.2 Å². The SMILES string of the molecule is O=C1CCC[C@]2(CN(C(=O)CN3Cc4ccccc4C3=O)C[C@H]2c2ccc(F)c(F)c2)N1. The van der Waals surface area contributed by atoms with Gasteiger partial charge in [0.1, 0.15) is 6.54 Å². The van der Waals surface area contributed by atoms with Gasteiger partial charge in [0.25, 0.3) is 5.91 Å². The van der Waals surface area contributed by atoms with Gasteiger partial charge < -0.3 is 15.1 Å². The molecule has 3 aliphatic heterocycles. The fourth-order valence-electron chi connectivity index (χ4n) is 5.31. The number of amides is 3. The number of rotatable bonds is 3. The van der Waals surface area contributed by atoms with Crippen LogP contribution in [0.25, 0.3) is 0 Å². The number of nitrogens with one attached hydrogen (secondary N) is 1. The van der Waals surface area contributed by atoms with Gasteiger partial charge in [-0.2, -0.15) is 0 Å². The molecule has 3 amide bonds. The maximum atomic E-state index is 14.0. The molecule has 5 rings (SSSR count). The summed E-state index contributed by atoms with van der Waals surface area (Å²) in [5, 5.41) is 3.05. The Labute approximate surface area is 184 Å². The predicted octanol–water partition coefficient (Wildman–Crippen LogP) is 2.59. The number of nitrogens with zero attached hydrogens (tertiary/aromatic N) is 2. The van der Waals surface area contributed by atoms with E-state index in [-0.39, 0.29) is 43.3 Å². The van der Waals surface area contributed by atoms with Gasteiger partial charge in [0.15, 0.2) is 11.6 Å². The Balaban J connectivity index is 1.38. The molecule has 0 saturated carbocycles. The highest BCUT2D eigenvalue weighted by Gasteiger charge is 2.51. The van der Waals surface area contributed by atoms with Crippen LogP contribution < -0.4 is 5.32 Å². The number of likely N-dealkylation sites (tertiary alicyclic amines) is 1. The van der Waals surface area contributed by atoms with Gasteiger partial charge in [0.05, 0.1) is 5.54 Å². The molecule has 166 valence electrons. The van der Waals surface area contributed by atoms with E-state index in [1.165, 1.54) is 11.0 Å². The van der Waals surface area contributed by atoms with Crippen molar-refractivity contribution in [3.63, 3.8) is 0 Å². The number of halogens is 2. The average Bonchev–Trinajstić information content (AvgIpc) is 3.28. The molecule has 6 nitrogen and oxygen atoms in total. The molecule has 2 saturated heterocycles. The van der Waals surface area contributed by atoms with Crippen LogP contribution in [-0.4, -0.2) is 52.7 Å². The van der Waals surface area contributed by atoms with E-state index < -0.39 is 17.2 Å². The topological polar surface area (TPSA) is 69.7 Å². The van der Waals surface area contributed by atoms with E-state index in [0.29, 0.717) is 36.9 Å². The van der Waals surface area contributed by atoms with Crippen molar-refractivity contribution in [3.05, 3.63) is 70.8 Å². The first-order valence-corrected chi connectivity index (χ1v) is 10.8. The maximum absolute atomic E-state index is 14.0. The zero-order valence-corrected chi connectivity index (χ0v) is 17.4. The third-order valence-corrected chi connectivity index (χ3v) is 6.88. The second-order valence-corrected chi connectivity index (χ2v) is 8.88. The molecule has 0 aliphatic carbocycles. The summed E-state index contributed by atoms with van der Waals surface area (Å²) >= 11 is 0. The van der Waals surface area contributed by atoms with E-state index in [1.807, 2.05) is 12.1 Å². The number of fused-ring (bicyclic) bond motifs is 1. The van der Waals surface area contributed by atoms with Gasteiger partial charge in [-0.15, -0.1) is 0 Å². The minimum atomic E-state index is -0.954. The maximum Gasteiger partial charge on any atom is 0.254 e. The minimum absolute atomic E-state index is 0.0674. The summed E-state index contributed by atoms with van der Waals surface area (Å²) in [4.78, 5) is 41.2. The lowest BCUT2D eigenvalue weighted by atomic mass is 9.76. The normalized spacial score (nSPS) is 24.8. The fourth-order valence-corrected chi connectivity index (χ4v) is 5.31. The first-order chi connectivity index (χ1) is 15.4. The highest BCUT2D eigenvalue weighted by molar-refractivity contribution is 6.00. The van der Waals surface area contributed by atoms with Crippen molar-refractivity contribution in [2.45, 2.75) is 37.3 Å². The van der Waals surface area contributed by atoms with E-state index in [1.54, 1.807) is 17.0 Å². The van der Waals surface area contributed by atoms with Crippen molar-refractivity contribution >= 4 is 17.7 Å². The van der Waals surface area contributed by atoms with Gasteiger partial charge in [-0.3, -0.25) is 14.4 Å². The van der Waals surface area contributed by atoms with E-state index in [4.69, 9.17) is 0 Å². The second-order valence-electron chi connectivity index (χ2n) is 8.88. The number of benzene rings is 2. The summed E-state index contributed by atoms with van der Waals surface area (Å²) in [5.74, 6) is -2.76. The van der Waals surface area contributed by atoms with E-state index in [2.05, 4.69) is 5.32 Å². The molecule has 2 atom stereocenters. The number of hydrogen-bond acceptors (Lipinski definition) is 3. The van der Waals surface area contributed by atoms with Crippen molar-refractivity contribution in [1.82, 2.24) is 15.1 Å². The molecule has 0 aromatic heterocycles. The summed E-state index contributed by atoms with van der Waals surface area (Å²) in [7, 11) is 0.